The fourth-order valence-corrected chi connectivity index (χ4v) is 2.29. The lowest BCUT2D eigenvalue weighted by atomic mass is 10.2. The average Bonchev–Trinajstić information content (AvgIpc) is 2.96. The average molecular weight is 231 g/mol. The zero-order chi connectivity index (χ0) is 11.0. The SMILES string of the molecule is OCc1cccc2oc(-c3cccs3)nc12. The first kappa shape index (κ1) is 9.57. The molecule has 4 heteroatoms. The molecule has 0 spiro atoms. The quantitative estimate of drug-likeness (QED) is 0.737. The molecule has 0 saturated carbocycles. The second-order valence-corrected chi connectivity index (χ2v) is 4.37. The van der Waals surface area contributed by atoms with Gasteiger partial charge in [-0.15, -0.1) is 11.3 Å². The summed E-state index contributed by atoms with van der Waals surface area (Å²) in [6, 6.07) is 9.49. The van der Waals surface area contributed by atoms with Crippen molar-refractivity contribution in [3.8, 4) is 10.8 Å². The minimum atomic E-state index is -0.0201. The number of nitrogens with zero attached hydrogens (tertiary/aromatic N) is 1. The Hall–Kier alpha value is -1.65. The molecule has 0 bridgehead atoms. The van der Waals surface area contributed by atoms with Crippen LogP contribution in [0.1, 0.15) is 5.56 Å². The molecule has 1 aromatic carbocycles. The van der Waals surface area contributed by atoms with E-state index in [9.17, 15) is 5.11 Å². The predicted octanol–water partition coefficient (Wildman–Crippen LogP) is 3.05. The van der Waals surface area contributed by atoms with Crippen LogP contribution in [-0.4, -0.2) is 10.1 Å². The van der Waals surface area contributed by atoms with Crippen LogP contribution in [0.5, 0.6) is 0 Å². The molecule has 0 aliphatic heterocycles. The van der Waals surface area contributed by atoms with Crippen LogP contribution >= 0.6 is 11.3 Å². The Kier molecular flexibility index (Phi) is 2.23. The number of rotatable bonds is 2. The number of benzene rings is 1. The van der Waals surface area contributed by atoms with Crippen molar-refractivity contribution in [2.75, 3.05) is 0 Å². The third-order valence-corrected chi connectivity index (χ3v) is 3.26. The van der Waals surface area contributed by atoms with Gasteiger partial charge in [-0.3, -0.25) is 0 Å². The van der Waals surface area contributed by atoms with Crippen molar-refractivity contribution in [2.24, 2.45) is 0 Å². The van der Waals surface area contributed by atoms with Crippen LogP contribution in [0.25, 0.3) is 21.9 Å². The van der Waals surface area contributed by atoms with Gasteiger partial charge in [0.15, 0.2) is 5.58 Å². The van der Waals surface area contributed by atoms with Gasteiger partial charge in [0.05, 0.1) is 11.5 Å². The summed E-state index contributed by atoms with van der Waals surface area (Å²) in [5, 5.41) is 11.2. The summed E-state index contributed by atoms with van der Waals surface area (Å²) in [6.07, 6.45) is 0. The predicted molar refractivity (Wildman–Crippen MR) is 63.2 cm³/mol. The smallest absolute Gasteiger partial charge is 0.237 e. The molecule has 0 amide bonds. The molecule has 80 valence electrons. The fourth-order valence-electron chi connectivity index (χ4n) is 1.64. The first-order valence-corrected chi connectivity index (χ1v) is 5.79. The van der Waals surface area contributed by atoms with Gasteiger partial charge in [0, 0.05) is 5.56 Å². The second kappa shape index (κ2) is 3.73. The molecule has 16 heavy (non-hydrogen) atoms. The standard InChI is InChI=1S/C12H9NO2S/c14-7-8-3-1-4-9-11(8)13-12(15-9)10-5-2-6-16-10/h1-6,14H,7H2. The molecular weight excluding hydrogens is 222 g/mol. The van der Waals surface area contributed by atoms with Crippen molar-refractivity contribution in [1.29, 1.82) is 0 Å². The van der Waals surface area contributed by atoms with Crippen molar-refractivity contribution in [1.82, 2.24) is 4.98 Å². The van der Waals surface area contributed by atoms with Crippen LogP contribution < -0.4 is 0 Å². The van der Waals surface area contributed by atoms with Crippen LogP contribution in [-0.2, 0) is 6.61 Å². The molecule has 0 radical (unpaired) electrons. The first-order valence-electron chi connectivity index (χ1n) is 4.91. The number of para-hydroxylation sites is 1. The number of hydrogen-bond acceptors (Lipinski definition) is 4. The van der Waals surface area contributed by atoms with Crippen LogP contribution in [0.2, 0.25) is 0 Å². The van der Waals surface area contributed by atoms with E-state index in [0.29, 0.717) is 5.89 Å². The van der Waals surface area contributed by atoms with Gasteiger partial charge in [0.2, 0.25) is 5.89 Å². The van der Waals surface area contributed by atoms with Crippen molar-refractivity contribution in [3.05, 3.63) is 41.3 Å². The molecule has 3 aromatic rings. The second-order valence-electron chi connectivity index (χ2n) is 3.42. The molecular formula is C12H9NO2S. The number of fused-ring (bicyclic) bond motifs is 1. The van der Waals surface area contributed by atoms with E-state index >= 15 is 0 Å². The van der Waals surface area contributed by atoms with Gasteiger partial charge in [-0.25, -0.2) is 4.98 Å². The van der Waals surface area contributed by atoms with E-state index in [0.717, 1.165) is 21.5 Å². The van der Waals surface area contributed by atoms with Crippen LogP contribution in [0.4, 0.5) is 0 Å². The van der Waals surface area contributed by atoms with E-state index in [1.165, 1.54) is 0 Å². The highest BCUT2D eigenvalue weighted by atomic mass is 32.1. The molecule has 0 unspecified atom stereocenters. The van der Waals surface area contributed by atoms with E-state index in [4.69, 9.17) is 4.42 Å². The van der Waals surface area contributed by atoms with Crippen LogP contribution in [0.15, 0.2) is 40.1 Å². The Labute approximate surface area is 96.0 Å². The molecule has 0 saturated heterocycles. The lowest BCUT2D eigenvalue weighted by molar-refractivity contribution is 0.283. The van der Waals surface area contributed by atoms with Crippen molar-refractivity contribution in [3.63, 3.8) is 0 Å². The van der Waals surface area contributed by atoms with Crippen molar-refractivity contribution < 1.29 is 9.52 Å². The van der Waals surface area contributed by atoms with Gasteiger partial charge in [0.1, 0.15) is 5.52 Å². The van der Waals surface area contributed by atoms with Gasteiger partial charge >= 0.3 is 0 Å². The highest BCUT2D eigenvalue weighted by Crippen LogP contribution is 2.28. The Bertz CT molecular complexity index is 613. The summed E-state index contributed by atoms with van der Waals surface area (Å²) < 4.78 is 5.64. The van der Waals surface area contributed by atoms with Crippen molar-refractivity contribution >= 4 is 22.4 Å². The summed E-state index contributed by atoms with van der Waals surface area (Å²) >= 11 is 1.59. The molecule has 1 N–H and O–H groups in total. The lowest BCUT2D eigenvalue weighted by Gasteiger charge is -1.93. The number of aromatic nitrogens is 1. The fraction of sp³-hybridized carbons (Fsp3) is 0.0833. The highest BCUT2D eigenvalue weighted by molar-refractivity contribution is 7.13. The van der Waals surface area contributed by atoms with Gasteiger partial charge in [-0.2, -0.15) is 0 Å². The van der Waals surface area contributed by atoms with E-state index in [1.807, 2.05) is 35.7 Å². The highest BCUT2D eigenvalue weighted by Gasteiger charge is 2.11. The third-order valence-electron chi connectivity index (χ3n) is 2.40. The maximum absolute atomic E-state index is 9.20. The minimum Gasteiger partial charge on any atom is -0.435 e. The molecule has 0 aliphatic carbocycles. The first-order chi connectivity index (χ1) is 7.88. The summed E-state index contributed by atoms with van der Waals surface area (Å²) in [5.41, 5.74) is 2.26. The Morgan fingerprint density at radius 2 is 2.19 bits per heavy atom. The zero-order valence-corrected chi connectivity index (χ0v) is 9.20. The zero-order valence-electron chi connectivity index (χ0n) is 8.38. The molecule has 2 aromatic heterocycles. The Morgan fingerprint density at radius 1 is 1.25 bits per heavy atom. The van der Waals surface area contributed by atoms with E-state index in [-0.39, 0.29) is 6.61 Å². The topological polar surface area (TPSA) is 46.3 Å². The van der Waals surface area contributed by atoms with Gasteiger partial charge in [-0.1, -0.05) is 18.2 Å². The molecule has 3 rings (SSSR count). The summed E-state index contributed by atoms with van der Waals surface area (Å²) in [7, 11) is 0. The number of oxazole rings is 1. The molecule has 0 aliphatic rings. The number of hydrogen-bond donors (Lipinski definition) is 1. The maximum atomic E-state index is 9.20. The number of aliphatic hydroxyl groups is 1. The van der Waals surface area contributed by atoms with Crippen LogP contribution in [0.3, 0.4) is 0 Å². The molecule has 0 fully saturated rings. The molecule has 0 atom stereocenters. The largest absolute Gasteiger partial charge is 0.435 e. The minimum absolute atomic E-state index is 0.0201. The lowest BCUT2D eigenvalue weighted by Crippen LogP contribution is -1.83. The van der Waals surface area contributed by atoms with Gasteiger partial charge in [0.25, 0.3) is 0 Å². The molecule has 3 nitrogen and oxygen atoms in total. The number of aliphatic hydroxyl groups excluding tert-OH is 1. The monoisotopic (exact) mass is 231 g/mol. The normalized spacial score (nSPS) is 11.1. The van der Waals surface area contributed by atoms with Gasteiger partial charge in [-0.05, 0) is 17.5 Å². The van der Waals surface area contributed by atoms with Crippen LogP contribution in [0, 0.1) is 0 Å². The molecule has 2 heterocycles. The summed E-state index contributed by atoms with van der Waals surface area (Å²) in [5.74, 6) is 0.617. The van der Waals surface area contributed by atoms with Gasteiger partial charge < -0.3 is 9.52 Å². The summed E-state index contributed by atoms with van der Waals surface area (Å²) in [4.78, 5) is 5.41. The van der Waals surface area contributed by atoms with E-state index < -0.39 is 0 Å². The summed E-state index contributed by atoms with van der Waals surface area (Å²) in [6.45, 7) is -0.0201. The third kappa shape index (κ3) is 1.43. The number of thiophene rings is 1. The Balaban J connectivity index is 2.23. The maximum Gasteiger partial charge on any atom is 0.237 e. The van der Waals surface area contributed by atoms with Crippen molar-refractivity contribution in [2.45, 2.75) is 6.61 Å². The van der Waals surface area contributed by atoms with E-state index in [2.05, 4.69) is 4.98 Å². The Morgan fingerprint density at radius 3 is 2.94 bits per heavy atom. The van der Waals surface area contributed by atoms with E-state index in [1.54, 1.807) is 11.3 Å².